The van der Waals surface area contributed by atoms with Crippen LogP contribution in [0.4, 0.5) is 27.8 Å². The highest BCUT2D eigenvalue weighted by Gasteiger charge is 2.23. The third-order valence-electron chi connectivity index (χ3n) is 7.13. The molecule has 5 rings (SSSR count). The Balaban J connectivity index is 1.41. The molecule has 1 fully saturated rings. The fourth-order valence-electron chi connectivity index (χ4n) is 4.74. The van der Waals surface area contributed by atoms with Crippen LogP contribution < -0.4 is 30.1 Å². The molecule has 1 aromatic heterocycles. The molecule has 0 spiro atoms. The Kier molecular flexibility index (Phi) is 8.55. The van der Waals surface area contributed by atoms with Crippen LogP contribution in [0.2, 0.25) is 0 Å². The van der Waals surface area contributed by atoms with E-state index in [2.05, 4.69) is 30.6 Å². The summed E-state index contributed by atoms with van der Waals surface area (Å²) in [7, 11) is -2.19. The number of carbonyl (C=O) groups excluding carboxylic acids is 1. The third-order valence-corrected chi connectivity index (χ3v) is 7.72. The third kappa shape index (κ3) is 7.67. The van der Waals surface area contributed by atoms with E-state index in [1.807, 2.05) is 52.0 Å². The summed E-state index contributed by atoms with van der Waals surface area (Å²) in [5, 5.41) is 10.6. The molecule has 0 unspecified atom stereocenters. The number of benzene rings is 3. The molecule has 0 bridgehead atoms. The van der Waals surface area contributed by atoms with Gasteiger partial charge in [-0.05, 0) is 60.9 Å². The van der Waals surface area contributed by atoms with Gasteiger partial charge in [-0.25, -0.2) is 18.2 Å². The van der Waals surface area contributed by atoms with Gasteiger partial charge in [0.25, 0.3) is 0 Å². The molecule has 3 aromatic carbocycles. The first-order valence-corrected chi connectivity index (χ1v) is 16.3. The molecule has 4 N–H and O–H groups in total. The van der Waals surface area contributed by atoms with E-state index in [1.165, 1.54) is 20.0 Å². The van der Waals surface area contributed by atoms with E-state index in [1.54, 1.807) is 30.3 Å². The maximum absolute atomic E-state index is 13.3. The lowest BCUT2D eigenvalue weighted by molar-refractivity contribution is 0.262. The zero-order chi connectivity index (χ0) is 31.6. The van der Waals surface area contributed by atoms with Gasteiger partial charge in [0.15, 0.2) is 5.75 Å². The molecule has 12 heteroatoms. The van der Waals surface area contributed by atoms with Gasteiger partial charge in [-0.1, -0.05) is 45.0 Å². The molecule has 11 nitrogen and oxygen atoms in total. The van der Waals surface area contributed by atoms with Crippen LogP contribution in [0.25, 0.3) is 10.8 Å². The van der Waals surface area contributed by atoms with Gasteiger partial charge in [0.05, 0.1) is 30.4 Å². The smallest absolute Gasteiger partial charge is 0.323 e. The SMILES string of the molecule is COc1c(NC(=O)Nc2ccc(Oc3cc(C)nc(NCC4CC4)n3)c3ccccc23)cc(C(C)(C)C)cc1NS(C)(=O)=O. The number of ether oxygens (including phenoxy) is 2. The van der Waals surface area contributed by atoms with E-state index in [4.69, 9.17) is 9.47 Å². The molecule has 44 heavy (non-hydrogen) atoms. The van der Waals surface area contributed by atoms with Crippen molar-refractivity contribution in [2.45, 2.75) is 46.0 Å². The summed E-state index contributed by atoms with van der Waals surface area (Å²) in [4.78, 5) is 22.4. The number of aromatic nitrogens is 2. The zero-order valence-corrected chi connectivity index (χ0v) is 26.6. The van der Waals surface area contributed by atoms with Gasteiger partial charge in [0, 0.05) is 29.1 Å². The highest BCUT2D eigenvalue weighted by Crippen LogP contribution is 2.40. The van der Waals surface area contributed by atoms with E-state index in [0.717, 1.165) is 34.8 Å². The van der Waals surface area contributed by atoms with Crippen molar-refractivity contribution in [2.24, 2.45) is 5.92 Å². The van der Waals surface area contributed by atoms with Crippen LogP contribution in [0.5, 0.6) is 17.4 Å². The molecule has 4 aromatic rings. The van der Waals surface area contributed by atoms with Gasteiger partial charge >= 0.3 is 6.03 Å². The molecule has 0 aliphatic heterocycles. The molecule has 1 heterocycles. The van der Waals surface area contributed by atoms with Crippen LogP contribution in [-0.2, 0) is 15.4 Å². The van der Waals surface area contributed by atoms with Gasteiger partial charge in [0.2, 0.25) is 21.9 Å². The van der Waals surface area contributed by atoms with Crippen molar-refractivity contribution >= 4 is 49.8 Å². The number of urea groups is 1. The molecule has 0 atom stereocenters. The van der Waals surface area contributed by atoms with Crippen LogP contribution in [0, 0.1) is 12.8 Å². The number of carbonyl (C=O) groups is 1. The summed E-state index contributed by atoms with van der Waals surface area (Å²) < 4.78 is 38.4. The zero-order valence-electron chi connectivity index (χ0n) is 25.7. The van der Waals surface area contributed by atoms with Crippen molar-refractivity contribution in [3.05, 3.63) is 65.9 Å². The summed E-state index contributed by atoms with van der Waals surface area (Å²) >= 11 is 0. The van der Waals surface area contributed by atoms with Gasteiger partial charge in [0.1, 0.15) is 5.75 Å². The number of methoxy groups -OCH3 is 1. The second-order valence-electron chi connectivity index (χ2n) is 12.1. The van der Waals surface area contributed by atoms with Crippen molar-refractivity contribution in [1.82, 2.24) is 9.97 Å². The Morgan fingerprint density at radius 1 is 0.955 bits per heavy atom. The quantitative estimate of drug-likeness (QED) is 0.151. The van der Waals surface area contributed by atoms with Crippen molar-refractivity contribution in [2.75, 3.05) is 40.6 Å². The number of sulfonamides is 1. The fourth-order valence-corrected chi connectivity index (χ4v) is 5.29. The van der Waals surface area contributed by atoms with Gasteiger partial charge in [-0.3, -0.25) is 4.72 Å². The van der Waals surface area contributed by atoms with Crippen LogP contribution in [0.15, 0.2) is 54.6 Å². The number of fused-ring (bicyclic) bond motifs is 1. The van der Waals surface area contributed by atoms with Crippen molar-refractivity contribution in [1.29, 1.82) is 0 Å². The number of nitrogens with zero attached hydrogens (tertiary/aromatic N) is 2. The minimum Gasteiger partial charge on any atom is -0.492 e. The molecule has 232 valence electrons. The Labute approximate surface area is 257 Å². The van der Waals surface area contributed by atoms with Crippen LogP contribution in [0.3, 0.4) is 0 Å². The summed E-state index contributed by atoms with van der Waals surface area (Å²) in [6.07, 6.45) is 3.51. The first-order chi connectivity index (χ1) is 20.8. The minimum atomic E-state index is -3.61. The van der Waals surface area contributed by atoms with Crippen molar-refractivity contribution in [3.8, 4) is 17.4 Å². The highest BCUT2D eigenvalue weighted by molar-refractivity contribution is 7.92. The van der Waals surface area contributed by atoms with Crippen LogP contribution >= 0.6 is 0 Å². The second-order valence-corrected chi connectivity index (χ2v) is 13.8. The first-order valence-electron chi connectivity index (χ1n) is 14.4. The topological polar surface area (TPSA) is 144 Å². The van der Waals surface area contributed by atoms with E-state index in [0.29, 0.717) is 34.9 Å². The minimum absolute atomic E-state index is 0.193. The molecular formula is C32H38N6O5S. The predicted octanol–water partition coefficient (Wildman–Crippen LogP) is 6.87. The van der Waals surface area contributed by atoms with Gasteiger partial charge < -0.3 is 25.4 Å². The molecule has 1 aliphatic rings. The number of hydrogen-bond acceptors (Lipinski definition) is 8. The monoisotopic (exact) mass is 618 g/mol. The lowest BCUT2D eigenvalue weighted by atomic mass is 9.86. The Hall–Kier alpha value is -4.58. The summed E-state index contributed by atoms with van der Waals surface area (Å²) in [6, 6.07) is 15.8. The largest absolute Gasteiger partial charge is 0.492 e. The average molecular weight is 619 g/mol. The van der Waals surface area contributed by atoms with E-state index < -0.39 is 16.1 Å². The number of rotatable bonds is 10. The standard InChI is InChI=1S/C32H38N6O5S/c1-19-15-28(37-30(34-19)33-18-20-11-12-20)43-27-14-13-24(22-9-7-8-10-23(22)27)35-31(39)36-25-16-21(32(2,3)4)17-26(29(25)42-5)38-44(6,40)41/h7-10,13-17,20,38H,11-12,18H2,1-6H3,(H,33,34,37)(H2,35,36,39). The fraction of sp³-hybridized carbons (Fsp3) is 0.344. The van der Waals surface area contributed by atoms with Crippen LogP contribution in [-0.4, -0.2) is 44.3 Å². The maximum atomic E-state index is 13.3. The molecule has 1 saturated carbocycles. The van der Waals surface area contributed by atoms with Gasteiger partial charge in [-0.2, -0.15) is 4.98 Å². The highest BCUT2D eigenvalue weighted by atomic mass is 32.2. The van der Waals surface area contributed by atoms with E-state index in [-0.39, 0.29) is 16.9 Å². The molecule has 0 saturated heterocycles. The Morgan fingerprint density at radius 2 is 1.64 bits per heavy atom. The maximum Gasteiger partial charge on any atom is 0.323 e. The normalized spacial score (nSPS) is 13.3. The molecule has 1 aliphatic carbocycles. The van der Waals surface area contributed by atoms with Crippen molar-refractivity contribution < 1.29 is 22.7 Å². The molecule has 2 amide bonds. The summed E-state index contributed by atoms with van der Waals surface area (Å²) in [6.45, 7) is 8.72. The summed E-state index contributed by atoms with van der Waals surface area (Å²) in [5.74, 6) is 2.40. The number of amides is 2. The van der Waals surface area contributed by atoms with Crippen LogP contribution in [0.1, 0.15) is 44.9 Å². The first kappa shape index (κ1) is 30.9. The Morgan fingerprint density at radius 3 is 2.30 bits per heavy atom. The lowest BCUT2D eigenvalue weighted by Gasteiger charge is -2.24. The predicted molar refractivity (Wildman–Crippen MR) is 175 cm³/mol. The van der Waals surface area contributed by atoms with E-state index >= 15 is 0 Å². The lowest BCUT2D eigenvalue weighted by Crippen LogP contribution is -2.22. The second kappa shape index (κ2) is 12.2. The van der Waals surface area contributed by atoms with Crippen molar-refractivity contribution in [3.63, 3.8) is 0 Å². The number of nitrogens with one attached hydrogen (secondary N) is 4. The Bertz CT molecular complexity index is 1820. The number of anilines is 4. The van der Waals surface area contributed by atoms with E-state index in [9.17, 15) is 13.2 Å². The van der Waals surface area contributed by atoms with Gasteiger partial charge in [-0.15, -0.1) is 0 Å². The average Bonchev–Trinajstić information content (AvgIpc) is 3.76. The number of aryl methyl sites for hydroxylation is 1. The molecule has 0 radical (unpaired) electrons. The summed E-state index contributed by atoms with van der Waals surface area (Å²) in [5.41, 5.74) is 2.35. The number of hydrogen-bond donors (Lipinski definition) is 4. The molecular weight excluding hydrogens is 580 g/mol.